The third-order valence-electron chi connectivity index (χ3n) is 2.49. The Hall–Kier alpha value is -1.71. The average Bonchev–Trinajstić information content (AvgIpc) is 2.17. The molecule has 0 saturated heterocycles. The number of hydrogen-bond donors (Lipinski definition) is 2. The fourth-order valence-electron chi connectivity index (χ4n) is 1.25. The van der Waals surface area contributed by atoms with Crippen LogP contribution in [0.2, 0.25) is 0 Å². The molecule has 15 heavy (non-hydrogen) atoms. The summed E-state index contributed by atoms with van der Waals surface area (Å²) in [6.45, 7) is 3.27. The lowest BCUT2D eigenvalue weighted by atomic mass is 9.84. The molecular weight excluding hydrogens is 194 g/mol. The largest absolute Gasteiger partial charge is 0.495 e. The molecule has 0 aromatic heterocycles. The highest BCUT2D eigenvalue weighted by atomic mass is 16.5. The lowest BCUT2D eigenvalue weighted by molar-refractivity contribution is -0.142. The molecule has 0 aliphatic heterocycles. The van der Waals surface area contributed by atoms with Crippen molar-refractivity contribution in [2.45, 2.75) is 19.3 Å². The number of methoxy groups -OCH3 is 1. The van der Waals surface area contributed by atoms with Crippen LogP contribution < -0.4 is 10.5 Å². The van der Waals surface area contributed by atoms with Crippen LogP contribution in [0.4, 0.5) is 5.69 Å². The predicted octanol–water partition coefficient (Wildman–Crippen LogP) is 1.64. The molecule has 0 atom stereocenters. The maximum atomic E-state index is 11.0. The normalized spacial score (nSPS) is 11.1. The van der Waals surface area contributed by atoms with Crippen molar-refractivity contribution in [3.05, 3.63) is 23.8 Å². The van der Waals surface area contributed by atoms with Crippen molar-refractivity contribution in [2.75, 3.05) is 12.8 Å². The Morgan fingerprint density at radius 2 is 2.07 bits per heavy atom. The first kappa shape index (κ1) is 11.4. The summed E-state index contributed by atoms with van der Waals surface area (Å²) in [6.07, 6.45) is 0. The fourth-order valence-corrected chi connectivity index (χ4v) is 1.25. The second kappa shape index (κ2) is 3.81. The molecule has 82 valence electrons. The van der Waals surface area contributed by atoms with Gasteiger partial charge in [0, 0.05) is 0 Å². The third kappa shape index (κ3) is 2.03. The van der Waals surface area contributed by atoms with E-state index in [9.17, 15) is 4.79 Å². The number of rotatable bonds is 3. The van der Waals surface area contributed by atoms with Crippen molar-refractivity contribution >= 4 is 11.7 Å². The van der Waals surface area contributed by atoms with E-state index in [4.69, 9.17) is 15.6 Å². The van der Waals surface area contributed by atoms with Gasteiger partial charge in [-0.2, -0.15) is 0 Å². The minimum atomic E-state index is -0.944. The van der Waals surface area contributed by atoms with E-state index in [0.29, 0.717) is 17.0 Å². The van der Waals surface area contributed by atoms with Crippen molar-refractivity contribution in [2.24, 2.45) is 0 Å². The number of carboxylic acid groups (broad SMARTS) is 1. The second-order valence-corrected chi connectivity index (χ2v) is 3.89. The molecule has 0 spiro atoms. The van der Waals surface area contributed by atoms with Crippen LogP contribution in [-0.2, 0) is 10.2 Å². The summed E-state index contributed by atoms with van der Waals surface area (Å²) in [5.41, 5.74) is 5.88. The molecule has 0 unspecified atom stereocenters. The van der Waals surface area contributed by atoms with E-state index in [1.807, 2.05) is 0 Å². The van der Waals surface area contributed by atoms with E-state index in [0.717, 1.165) is 0 Å². The van der Waals surface area contributed by atoms with Crippen molar-refractivity contribution < 1.29 is 14.6 Å². The maximum absolute atomic E-state index is 11.0. The molecule has 0 fully saturated rings. The van der Waals surface area contributed by atoms with Crippen LogP contribution in [0.25, 0.3) is 0 Å². The molecule has 4 nitrogen and oxygen atoms in total. The number of nitrogen functional groups attached to an aromatic ring is 1. The van der Waals surface area contributed by atoms with Crippen LogP contribution in [0.1, 0.15) is 19.4 Å². The summed E-state index contributed by atoms with van der Waals surface area (Å²) in [5.74, 6) is -0.327. The van der Waals surface area contributed by atoms with E-state index < -0.39 is 11.4 Å². The van der Waals surface area contributed by atoms with Gasteiger partial charge in [0.2, 0.25) is 0 Å². The third-order valence-corrected chi connectivity index (χ3v) is 2.49. The molecule has 3 N–H and O–H groups in total. The van der Waals surface area contributed by atoms with Gasteiger partial charge < -0.3 is 15.6 Å². The van der Waals surface area contributed by atoms with Gasteiger partial charge in [0.25, 0.3) is 0 Å². The fraction of sp³-hybridized carbons (Fsp3) is 0.364. The van der Waals surface area contributed by atoms with Crippen LogP contribution in [-0.4, -0.2) is 18.2 Å². The highest BCUT2D eigenvalue weighted by Crippen LogP contribution is 2.29. The van der Waals surface area contributed by atoms with Gasteiger partial charge in [0.15, 0.2) is 0 Å². The lowest BCUT2D eigenvalue weighted by Gasteiger charge is -2.20. The van der Waals surface area contributed by atoms with Crippen LogP contribution in [0.15, 0.2) is 18.2 Å². The Labute approximate surface area is 88.7 Å². The van der Waals surface area contributed by atoms with E-state index in [1.165, 1.54) is 7.11 Å². The van der Waals surface area contributed by atoms with Gasteiger partial charge in [0.05, 0.1) is 18.2 Å². The van der Waals surface area contributed by atoms with Gasteiger partial charge in [-0.05, 0) is 31.5 Å². The quantitative estimate of drug-likeness (QED) is 0.742. The number of nitrogens with two attached hydrogens (primary N) is 1. The SMILES string of the molecule is COc1ccc(C(C)(C)C(=O)O)cc1N. The maximum Gasteiger partial charge on any atom is 0.313 e. The molecule has 0 heterocycles. The Bertz CT molecular complexity index is 385. The van der Waals surface area contributed by atoms with Gasteiger partial charge >= 0.3 is 5.97 Å². The van der Waals surface area contributed by atoms with E-state index in [1.54, 1.807) is 32.0 Å². The minimum Gasteiger partial charge on any atom is -0.495 e. The first-order chi connectivity index (χ1) is 6.89. The van der Waals surface area contributed by atoms with Crippen LogP contribution >= 0.6 is 0 Å². The molecule has 1 aromatic rings. The zero-order chi connectivity index (χ0) is 11.6. The zero-order valence-corrected chi connectivity index (χ0v) is 9.07. The van der Waals surface area contributed by atoms with Crippen LogP contribution in [0.3, 0.4) is 0 Å². The van der Waals surface area contributed by atoms with Gasteiger partial charge in [0.1, 0.15) is 5.75 Å². The Morgan fingerprint density at radius 1 is 1.47 bits per heavy atom. The number of carbonyl (C=O) groups is 1. The Kier molecular flexibility index (Phi) is 2.88. The molecule has 0 amide bonds. The number of benzene rings is 1. The first-order valence-corrected chi connectivity index (χ1v) is 4.57. The standard InChI is InChI=1S/C11H15NO3/c1-11(2,10(13)14)7-4-5-9(15-3)8(12)6-7/h4-6H,12H2,1-3H3,(H,13,14). The summed E-state index contributed by atoms with van der Waals surface area (Å²) < 4.78 is 5.00. The van der Waals surface area contributed by atoms with Crippen molar-refractivity contribution in [1.29, 1.82) is 0 Å². The summed E-state index contributed by atoms with van der Waals surface area (Å²) >= 11 is 0. The summed E-state index contributed by atoms with van der Waals surface area (Å²) in [7, 11) is 1.52. The van der Waals surface area contributed by atoms with Crippen molar-refractivity contribution in [1.82, 2.24) is 0 Å². The van der Waals surface area contributed by atoms with Gasteiger partial charge in [-0.15, -0.1) is 0 Å². The van der Waals surface area contributed by atoms with Crippen LogP contribution in [0.5, 0.6) is 5.75 Å². The highest BCUT2D eigenvalue weighted by Gasteiger charge is 2.29. The molecule has 4 heteroatoms. The Morgan fingerprint density at radius 3 is 2.47 bits per heavy atom. The van der Waals surface area contributed by atoms with Crippen LogP contribution in [0, 0.1) is 0 Å². The lowest BCUT2D eigenvalue weighted by Crippen LogP contribution is -2.28. The Balaban J connectivity index is 3.18. The molecule has 0 saturated carbocycles. The van der Waals surface area contributed by atoms with E-state index in [-0.39, 0.29) is 0 Å². The zero-order valence-electron chi connectivity index (χ0n) is 9.07. The highest BCUT2D eigenvalue weighted by molar-refractivity contribution is 5.81. The van der Waals surface area contributed by atoms with E-state index in [2.05, 4.69) is 0 Å². The summed E-state index contributed by atoms with van der Waals surface area (Å²) in [4.78, 5) is 11.0. The number of hydrogen-bond acceptors (Lipinski definition) is 3. The first-order valence-electron chi connectivity index (χ1n) is 4.57. The number of ether oxygens (including phenoxy) is 1. The number of anilines is 1. The monoisotopic (exact) mass is 209 g/mol. The van der Waals surface area contributed by atoms with Gasteiger partial charge in [-0.1, -0.05) is 6.07 Å². The second-order valence-electron chi connectivity index (χ2n) is 3.89. The predicted molar refractivity (Wildman–Crippen MR) is 58.1 cm³/mol. The minimum absolute atomic E-state index is 0.448. The van der Waals surface area contributed by atoms with Crippen molar-refractivity contribution in [3.63, 3.8) is 0 Å². The van der Waals surface area contributed by atoms with Crippen molar-refractivity contribution in [3.8, 4) is 5.75 Å². The molecule has 0 aliphatic carbocycles. The van der Waals surface area contributed by atoms with Gasteiger partial charge in [-0.25, -0.2) is 0 Å². The molecule has 1 aromatic carbocycles. The smallest absolute Gasteiger partial charge is 0.313 e. The number of aliphatic carboxylic acids is 1. The topological polar surface area (TPSA) is 72.5 Å². The summed E-state index contributed by atoms with van der Waals surface area (Å²) in [5, 5.41) is 9.04. The molecule has 1 rings (SSSR count). The molecular formula is C11H15NO3. The van der Waals surface area contributed by atoms with E-state index >= 15 is 0 Å². The molecule has 0 bridgehead atoms. The molecule has 0 radical (unpaired) electrons. The average molecular weight is 209 g/mol. The van der Waals surface area contributed by atoms with Gasteiger partial charge in [-0.3, -0.25) is 4.79 Å². The summed E-state index contributed by atoms with van der Waals surface area (Å²) in [6, 6.07) is 5.02. The molecule has 0 aliphatic rings. The number of carboxylic acids is 1.